The second-order valence-corrected chi connectivity index (χ2v) is 11.2. The number of hydrogen-bond donors (Lipinski definition) is 0. The van der Waals surface area contributed by atoms with Crippen LogP contribution in [0.15, 0.2) is 59.9 Å². The van der Waals surface area contributed by atoms with Crippen molar-refractivity contribution in [3.63, 3.8) is 0 Å². The third kappa shape index (κ3) is 6.06. The quantitative estimate of drug-likeness (QED) is 0.384. The molecule has 7 nitrogen and oxygen atoms in total. The van der Waals surface area contributed by atoms with Gasteiger partial charge in [-0.2, -0.15) is 0 Å². The van der Waals surface area contributed by atoms with Gasteiger partial charge in [-0.3, -0.25) is 4.79 Å². The first-order valence-electron chi connectivity index (χ1n) is 11.5. The Labute approximate surface area is 215 Å². The SMILES string of the molecule is CCN(Cc1cnc(S(=O)(=O)Cc2ccccc2)n1C[C@@H]1CCCO1)C(=O)c1ccc(Cl)cc1Cl. The molecule has 1 aromatic heterocycles. The summed E-state index contributed by atoms with van der Waals surface area (Å²) >= 11 is 12.2. The molecule has 1 saturated heterocycles. The highest BCUT2D eigenvalue weighted by atomic mass is 35.5. The molecule has 0 aliphatic carbocycles. The summed E-state index contributed by atoms with van der Waals surface area (Å²) in [4.78, 5) is 19.2. The van der Waals surface area contributed by atoms with E-state index in [1.807, 2.05) is 25.1 Å². The van der Waals surface area contributed by atoms with Crippen molar-refractivity contribution >= 4 is 38.9 Å². The van der Waals surface area contributed by atoms with Gasteiger partial charge in [-0.15, -0.1) is 0 Å². The molecule has 10 heteroatoms. The monoisotopic (exact) mass is 535 g/mol. The average molecular weight is 536 g/mol. The predicted octanol–water partition coefficient (Wildman–Crippen LogP) is 5.01. The maximum absolute atomic E-state index is 13.4. The number of carbonyl (C=O) groups excluding carboxylic acids is 1. The van der Waals surface area contributed by atoms with E-state index in [9.17, 15) is 13.2 Å². The van der Waals surface area contributed by atoms with Crippen molar-refractivity contribution in [1.82, 2.24) is 14.5 Å². The smallest absolute Gasteiger partial charge is 0.255 e. The summed E-state index contributed by atoms with van der Waals surface area (Å²) < 4.78 is 34.2. The standard InChI is InChI=1S/C25H27Cl2N3O4S/c1-2-29(24(31)22-11-10-19(26)13-23(22)27)15-20-14-28-25(30(20)16-21-9-6-12-34-21)35(32,33)17-18-7-4-3-5-8-18/h3-5,7-8,10-11,13-14,21H,2,6,9,12,15-17H2,1H3/t21-/m0/s1. The second-order valence-electron chi connectivity index (χ2n) is 8.47. The van der Waals surface area contributed by atoms with E-state index in [1.165, 1.54) is 12.3 Å². The summed E-state index contributed by atoms with van der Waals surface area (Å²) in [5.41, 5.74) is 1.64. The summed E-state index contributed by atoms with van der Waals surface area (Å²) in [5, 5.41) is 0.692. The Morgan fingerprint density at radius 1 is 1.20 bits per heavy atom. The summed E-state index contributed by atoms with van der Waals surface area (Å²) in [6.07, 6.45) is 3.19. The van der Waals surface area contributed by atoms with Crippen LogP contribution in [0, 0.1) is 0 Å². The third-order valence-electron chi connectivity index (χ3n) is 5.97. The van der Waals surface area contributed by atoms with E-state index in [0.717, 1.165) is 12.8 Å². The van der Waals surface area contributed by atoms with Gasteiger partial charge in [0.2, 0.25) is 15.0 Å². The summed E-state index contributed by atoms with van der Waals surface area (Å²) in [7, 11) is -3.73. The number of aromatic nitrogens is 2. The van der Waals surface area contributed by atoms with Crippen LogP contribution < -0.4 is 0 Å². The minimum absolute atomic E-state index is 0.0140. The van der Waals surface area contributed by atoms with Gasteiger partial charge in [0.25, 0.3) is 5.91 Å². The highest BCUT2D eigenvalue weighted by Crippen LogP contribution is 2.25. The lowest BCUT2D eigenvalue weighted by Gasteiger charge is -2.23. The van der Waals surface area contributed by atoms with Crippen molar-refractivity contribution in [1.29, 1.82) is 0 Å². The minimum atomic E-state index is -3.73. The molecule has 35 heavy (non-hydrogen) atoms. The lowest BCUT2D eigenvalue weighted by Crippen LogP contribution is -2.32. The van der Waals surface area contributed by atoms with Crippen molar-refractivity contribution in [3.8, 4) is 0 Å². The first-order valence-corrected chi connectivity index (χ1v) is 13.9. The average Bonchev–Trinajstić information content (AvgIpc) is 3.48. The van der Waals surface area contributed by atoms with Gasteiger partial charge in [0.15, 0.2) is 0 Å². The highest BCUT2D eigenvalue weighted by molar-refractivity contribution is 7.90. The highest BCUT2D eigenvalue weighted by Gasteiger charge is 2.28. The van der Waals surface area contributed by atoms with Crippen LogP contribution in [0.1, 0.15) is 41.4 Å². The molecule has 2 heterocycles. The summed E-state index contributed by atoms with van der Waals surface area (Å²) in [6.45, 7) is 3.43. The molecule has 1 fully saturated rings. The topological polar surface area (TPSA) is 81.5 Å². The summed E-state index contributed by atoms with van der Waals surface area (Å²) in [5.74, 6) is -0.431. The van der Waals surface area contributed by atoms with Crippen LogP contribution in [0.2, 0.25) is 10.0 Å². The van der Waals surface area contributed by atoms with Crippen LogP contribution in [0.5, 0.6) is 0 Å². The van der Waals surface area contributed by atoms with Crippen LogP contribution in [-0.4, -0.2) is 48.0 Å². The zero-order valence-corrected chi connectivity index (χ0v) is 21.7. The van der Waals surface area contributed by atoms with Crippen molar-refractivity contribution in [2.24, 2.45) is 0 Å². The van der Waals surface area contributed by atoms with Crippen LogP contribution in [0.4, 0.5) is 0 Å². The van der Waals surface area contributed by atoms with Gasteiger partial charge in [0, 0.05) is 18.2 Å². The van der Waals surface area contributed by atoms with E-state index in [2.05, 4.69) is 4.98 Å². The molecule has 1 atom stereocenters. The van der Waals surface area contributed by atoms with E-state index >= 15 is 0 Å². The van der Waals surface area contributed by atoms with Crippen molar-refractivity contribution < 1.29 is 17.9 Å². The van der Waals surface area contributed by atoms with Crippen LogP contribution in [0.3, 0.4) is 0 Å². The first kappa shape index (κ1) is 25.7. The van der Waals surface area contributed by atoms with E-state index < -0.39 is 9.84 Å². The molecule has 0 radical (unpaired) electrons. The molecule has 4 rings (SSSR count). The molecule has 3 aromatic rings. The largest absolute Gasteiger partial charge is 0.376 e. The molecule has 0 unspecified atom stereocenters. The van der Waals surface area contributed by atoms with E-state index in [4.69, 9.17) is 27.9 Å². The molecule has 0 saturated carbocycles. The van der Waals surface area contributed by atoms with Gasteiger partial charge in [0.05, 0.1) is 47.4 Å². The molecule has 1 aliphatic rings. The number of ether oxygens (including phenoxy) is 1. The van der Waals surface area contributed by atoms with Crippen molar-refractivity contribution in [2.45, 2.75) is 49.9 Å². The van der Waals surface area contributed by atoms with E-state index in [1.54, 1.807) is 33.7 Å². The van der Waals surface area contributed by atoms with Crippen LogP contribution in [0.25, 0.3) is 0 Å². The maximum Gasteiger partial charge on any atom is 0.255 e. The Morgan fingerprint density at radius 3 is 2.63 bits per heavy atom. The van der Waals surface area contributed by atoms with Gasteiger partial charge >= 0.3 is 0 Å². The normalized spacial score (nSPS) is 15.9. The number of rotatable bonds is 9. The number of benzene rings is 2. The fraction of sp³-hybridized carbons (Fsp3) is 0.360. The zero-order valence-electron chi connectivity index (χ0n) is 19.4. The van der Waals surface area contributed by atoms with Gasteiger partial charge in [-0.25, -0.2) is 13.4 Å². The minimum Gasteiger partial charge on any atom is -0.376 e. The van der Waals surface area contributed by atoms with Crippen LogP contribution >= 0.6 is 23.2 Å². The predicted molar refractivity (Wildman–Crippen MR) is 135 cm³/mol. The molecular formula is C25H27Cl2N3O4S. The molecule has 186 valence electrons. The molecule has 0 spiro atoms. The Hall–Kier alpha value is -2.39. The molecule has 1 amide bonds. The lowest BCUT2D eigenvalue weighted by molar-refractivity contribution is 0.0741. The Morgan fingerprint density at radius 2 is 1.97 bits per heavy atom. The lowest BCUT2D eigenvalue weighted by atomic mass is 10.2. The van der Waals surface area contributed by atoms with E-state index in [-0.39, 0.29) is 34.5 Å². The Balaban J connectivity index is 1.65. The van der Waals surface area contributed by atoms with Gasteiger partial charge in [-0.05, 0) is 43.5 Å². The molecule has 1 aliphatic heterocycles. The fourth-order valence-electron chi connectivity index (χ4n) is 4.17. The number of carbonyl (C=O) groups is 1. The van der Waals surface area contributed by atoms with Crippen molar-refractivity contribution in [3.05, 3.63) is 81.6 Å². The maximum atomic E-state index is 13.4. The van der Waals surface area contributed by atoms with Crippen LogP contribution in [-0.2, 0) is 33.4 Å². The molecular weight excluding hydrogens is 509 g/mol. The number of hydrogen-bond acceptors (Lipinski definition) is 5. The van der Waals surface area contributed by atoms with Gasteiger partial charge in [-0.1, -0.05) is 53.5 Å². The Bertz CT molecular complexity index is 1290. The number of nitrogens with zero attached hydrogens (tertiary/aromatic N) is 3. The van der Waals surface area contributed by atoms with E-state index in [0.29, 0.717) is 41.5 Å². The van der Waals surface area contributed by atoms with Crippen molar-refractivity contribution in [2.75, 3.05) is 13.2 Å². The third-order valence-corrected chi connectivity index (χ3v) is 8.12. The fourth-order valence-corrected chi connectivity index (χ4v) is 6.16. The number of imidazole rings is 1. The first-order chi connectivity index (χ1) is 16.8. The number of amides is 1. The summed E-state index contributed by atoms with van der Waals surface area (Å²) in [6, 6.07) is 13.7. The number of halogens is 2. The second kappa shape index (κ2) is 11.1. The van der Waals surface area contributed by atoms with Gasteiger partial charge < -0.3 is 14.2 Å². The molecule has 0 N–H and O–H groups in total. The molecule has 2 aromatic carbocycles. The van der Waals surface area contributed by atoms with Gasteiger partial charge in [0.1, 0.15) is 0 Å². The molecule has 0 bridgehead atoms. The zero-order chi connectivity index (χ0) is 25.0. The number of sulfone groups is 1. The Kier molecular flexibility index (Phi) is 8.16.